The van der Waals surface area contributed by atoms with Crippen LogP contribution in [0.1, 0.15) is 44.6 Å². The number of hydrogen-bond acceptors (Lipinski definition) is 3. The van der Waals surface area contributed by atoms with E-state index in [1.807, 2.05) is 11.9 Å². The molecule has 0 aliphatic carbocycles. The van der Waals surface area contributed by atoms with Crippen LogP contribution in [0.3, 0.4) is 0 Å². The van der Waals surface area contributed by atoms with Crippen molar-refractivity contribution < 1.29 is 4.79 Å². The number of hydrogen-bond donors (Lipinski definition) is 1. The largest absolute Gasteiger partial charge is 0.343 e. The highest BCUT2D eigenvalue weighted by Crippen LogP contribution is 2.25. The Morgan fingerprint density at radius 1 is 1.23 bits per heavy atom. The topological polar surface area (TPSA) is 35.6 Å². The van der Waals surface area contributed by atoms with Gasteiger partial charge in [-0.15, -0.1) is 0 Å². The molecule has 2 aliphatic heterocycles. The van der Waals surface area contributed by atoms with E-state index in [2.05, 4.69) is 47.5 Å². The van der Waals surface area contributed by atoms with Crippen molar-refractivity contribution >= 4 is 5.91 Å². The molecule has 2 saturated heterocycles. The summed E-state index contributed by atoms with van der Waals surface area (Å²) in [6, 6.07) is 11.1. The molecule has 1 aromatic rings. The first-order valence-corrected chi connectivity index (χ1v) is 10.4. The van der Waals surface area contributed by atoms with Gasteiger partial charge in [-0.2, -0.15) is 0 Å². The SMILES string of the molecule is CC(CC(=O)N(C)C1CCN(Cc2ccccc2)CC1)C1CCCNC1. The van der Waals surface area contributed by atoms with Gasteiger partial charge in [0.25, 0.3) is 0 Å². The second-order valence-corrected chi connectivity index (χ2v) is 8.29. The lowest BCUT2D eigenvalue weighted by atomic mass is 9.85. The van der Waals surface area contributed by atoms with Gasteiger partial charge >= 0.3 is 0 Å². The molecule has 2 aliphatic rings. The average molecular weight is 358 g/mol. The summed E-state index contributed by atoms with van der Waals surface area (Å²) in [5.74, 6) is 1.48. The number of likely N-dealkylation sites (tertiary alicyclic amines) is 1. The van der Waals surface area contributed by atoms with E-state index in [9.17, 15) is 4.79 Å². The van der Waals surface area contributed by atoms with E-state index in [0.29, 0.717) is 30.2 Å². The molecular weight excluding hydrogens is 322 g/mol. The van der Waals surface area contributed by atoms with Gasteiger partial charge in [0.1, 0.15) is 0 Å². The Hall–Kier alpha value is -1.39. The molecule has 0 saturated carbocycles. The summed E-state index contributed by atoms with van der Waals surface area (Å²) >= 11 is 0. The zero-order valence-electron chi connectivity index (χ0n) is 16.5. The summed E-state index contributed by atoms with van der Waals surface area (Å²) < 4.78 is 0. The number of rotatable bonds is 6. The Morgan fingerprint density at radius 2 is 1.96 bits per heavy atom. The van der Waals surface area contributed by atoms with Crippen LogP contribution in [0.4, 0.5) is 0 Å². The van der Waals surface area contributed by atoms with Gasteiger partial charge in [-0.1, -0.05) is 37.3 Å². The molecule has 144 valence electrons. The van der Waals surface area contributed by atoms with Crippen molar-refractivity contribution in [2.24, 2.45) is 11.8 Å². The van der Waals surface area contributed by atoms with Gasteiger partial charge in [0.05, 0.1) is 0 Å². The summed E-state index contributed by atoms with van der Waals surface area (Å²) in [4.78, 5) is 17.3. The van der Waals surface area contributed by atoms with E-state index in [4.69, 9.17) is 0 Å². The quantitative estimate of drug-likeness (QED) is 0.850. The van der Waals surface area contributed by atoms with Crippen molar-refractivity contribution in [2.75, 3.05) is 33.2 Å². The van der Waals surface area contributed by atoms with E-state index in [-0.39, 0.29) is 0 Å². The van der Waals surface area contributed by atoms with Crippen LogP contribution in [0.15, 0.2) is 30.3 Å². The molecule has 1 N–H and O–H groups in total. The van der Waals surface area contributed by atoms with Crippen LogP contribution < -0.4 is 5.32 Å². The summed E-state index contributed by atoms with van der Waals surface area (Å²) in [7, 11) is 2.02. The van der Waals surface area contributed by atoms with Crippen molar-refractivity contribution in [3.8, 4) is 0 Å². The van der Waals surface area contributed by atoms with Crippen molar-refractivity contribution in [1.29, 1.82) is 0 Å². The zero-order chi connectivity index (χ0) is 18.4. The molecule has 2 heterocycles. The number of nitrogens with zero attached hydrogens (tertiary/aromatic N) is 2. The highest BCUT2D eigenvalue weighted by atomic mass is 16.2. The third kappa shape index (κ3) is 5.31. The fourth-order valence-corrected chi connectivity index (χ4v) is 4.46. The smallest absolute Gasteiger partial charge is 0.222 e. The van der Waals surface area contributed by atoms with E-state index in [0.717, 1.165) is 45.6 Å². The van der Waals surface area contributed by atoms with Gasteiger partial charge in [-0.3, -0.25) is 9.69 Å². The molecule has 2 atom stereocenters. The fraction of sp³-hybridized carbons (Fsp3) is 0.682. The average Bonchev–Trinajstić information content (AvgIpc) is 2.69. The molecule has 1 amide bonds. The highest BCUT2D eigenvalue weighted by Gasteiger charge is 2.28. The van der Waals surface area contributed by atoms with Crippen LogP contribution in [0.5, 0.6) is 0 Å². The Morgan fingerprint density at radius 3 is 2.62 bits per heavy atom. The van der Waals surface area contributed by atoms with Crippen LogP contribution in [0.25, 0.3) is 0 Å². The normalized spacial score (nSPS) is 23.5. The second-order valence-electron chi connectivity index (χ2n) is 8.29. The standard InChI is InChI=1S/C22H35N3O/c1-18(20-9-6-12-23-16-20)15-22(26)24(2)21-10-13-25(14-11-21)17-19-7-4-3-5-8-19/h3-5,7-8,18,20-21,23H,6,9-17H2,1-2H3. The van der Waals surface area contributed by atoms with Gasteiger partial charge in [0.15, 0.2) is 0 Å². The summed E-state index contributed by atoms with van der Waals surface area (Å²) in [6.45, 7) is 7.66. The lowest BCUT2D eigenvalue weighted by Crippen LogP contribution is -2.46. The van der Waals surface area contributed by atoms with Crippen molar-refractivity contribution in [2.45, 2.75) is 51.6 Å². The number of amides is 1. The first kappa shape index (κ1) is 19.4. The second kappa shape index (κ2) is 9.52. The Kier molecular flexibility index (Phi) is 7.09. The van der Waals surface area contributed by atoms with Crippen molar-refractivity contribution in [1.82, 2.24) is 15.1 Å². The van der Waals surface area contributed by atoms with Crippen LogP contribution in [0, 0.1) is 11.8 Å². The first-order valence-electron chi connectivity index (χ1n) is 10.4. The lowest BCUT2D eigenvalue weighted by Gasteiger charge is -2.37. The third-order valence-corrected chi connectivity index (χ3v) is 6.38. The number of carbonyl (C=O) groups is 1. The minimum atomic E-state index is 0.338. The molecule has 0 radical (unpaired) electrons. The third-order valence-electron chi connectivity index (χ3n) is 6.38. The molecule has 0 bridgehead atoms. The van der Waals surface area contributed by atoms with Crippen LogP contribution in [0.2, 0.25) is 0 Å². The maximum atomic E-state index is 12.8. The molecular formula is C22H35N3O. The monoisotopic (exact) mass is 357 g/mol. The van der Waals surface area contributed by atoms with Gasteiger partial charge in [-0.25, -0.2) is 0 Å². The molecule has 26 heavy (non-hydrogen) atoms. The molecule has 4 nitrogen and oxygen atoms in total. The van der Waals surface area contributed by atoms with E-state index in [1.165, 1.54) is 18.4 Å². The first-order chi connectivity index (χ1) is 12.6. The number of nitrogens with one attached hydrogen (secondary N) is 1. The molecule has 1 aromatic carbocycles. The van der Waals surface area contributed by atoms with E-state index in [1.54, 1.807) is 0 Å². The summed E-state index contributed by atoms with van der Waals surface area (Å²) in [6.07, 6.45) is 5.40. The molecule has 0 aromatic heterocycles. The molecule has 3 rings (SSSR count). The molecule has 4 heteroatoms. The van der Waals surface area contributed by atoms with Crippen molar-refractivity contribution in [3.63, 3.8) is 0 Å². The summed E-state index contributed by atoms with van der Waals surface area (Å²) in [5, 5.41) is 3.48. The van der Waals surface area contributed by atoms with Gasteiger partial charge in [-0.05, 0) is 56.2 Å². The highest BCUT2D eigenvalue weighted by molar-refractivity contribution is 5.76. The molecule has 2 fully saturated rings. The van der Waals surface area contributed by atoms with Gasteiger partial charge in [0, 0.05) is 39.1 Å². The predicted octanol–water partition coefficient (Wildman–Crippen LogP) is 3.14. The van der Waals surface area contributed by atoms with Crippen LogP contribution in [-0.4, -0.2) is 55.0 Å². The van der Waals surface area contributed by atoms with Crippen LogP contribution >= 0.6 is 0 Å². The van der Waals surface area contributed by atoms with Crippen LogP contribution in [-0.2, 0) is 11.3 Å². The molecule has 0 spiro atoms. The van der Waals surface area contributed by atoms with Gasteiger partial charge < -0.3 is 10.2 Å². The zero-order valence-corrected chi connectivity index (χ0v) is 16.5. The minimum Gasteiger partial charge on any atom is -0.343 e. The summed E-state index contributed by atoms with van der Waals surface area (Å²) in [5.41, 5.74) is 1.38. The Bertz CT molecular complexity index is 548. The number of carbonyl (C=O) groups excluding carboxylic acids is 1. The Balaban J connectivity index is 1.42. The van der Waals surface area contributed by atoms with E-state index < -0.39 is 0 Å². The minimum absolute atomic E-state index is 0.338. The number of piperidine rings is 2. The maximum Gasteiger partial charge on any atom is 0.222 e. The van der Waals surface area contributed by atoms with Crippen molar-refractivity contribution in [3.05, 3.63) is 35.9 Å². The maximum absolute atomic E-state index is 12.8. The predicted molar refractivity (Wildman–Crippen MR) is 107 cm³/mol. The van der Waals surface area contributed by atoms with Gasteiger partial charge in [0.2, 0.25) is 5.91 Å². The Labute approximate surface area is 158 Å². The van der Waals surface area contributed by atoms with E-state index >= 15 is 0 Å². The number of benzene rings is 1. The lowest BCUT2D eigenvalue weighted by molar-refractivity contribution is -0.134. The molecule has 2 unspecified atom stereocenters. The fourth-order valence-electron chi connectivity index (χ4n) is 4.46.